The molecule has 0 bridgehead atoms. The number of pyridine rings is 4. The SMILES string of the molecule is Cc1cccc(C)c1-c1cc(-c2cc(C(F)(F)F)n[n-]2)nc(-c2cc(C(F)(F)F)n[n-]2)c1.[Ru+2].c1cc(C2COCO2)cc(-c2cc(C3OCCO3)cc(-c3cc(C4OCCO4)ccn3)n2)n1. The van der Waals surface area contributed by atoms with Crippen molar-refractivity contribution in [2.75, 3.05) is 39.8 Å². The topological polar surface area (TPSA) is 161 Å². The van der Waals surface area contributed by atoms with Crippen molar-refractivity contribution in [1.29, 1.82) is 0 Å². The number of benzene rings is 1. The molecule has 1 aromatic carbocycles. The molecule has 66 heavy (non-hydrogen) atoms. The summed E-state index contributed by atoms with van der Waals surface area (Å²) in [4.78, 5) is 18.2. The molecular formula is C45H36F6N8O6Ru. The van der Waals surface area contributed by atoms with E-state index in [0.29, 0.717) is 62.5 Å². The van der Waals surface area contributed by atoms with E-state index >= 15 is 0 Å². The van der Waals surface area contributed by atoms with E-state index in [9.17, 15) is 26.3 Å². The number of nitrogens with zero attached hydrogens (tertiary/aromatic N) is 8. The minimum absolute atomic E-state index is 0. The summed E-state index contributed by atoms with van der Waals surface area (Å²) in [5.41, 5.74) is 5.91. The first-order chi connectivity index (χ1) is 31.3. The predicted molar refractivity (Wildman–Crippen MR) is 217 cm³/mol. The average molecular weight is 1000 g/mol. The fourth-order valence-electron chi connectivity index (χ4n) is 7.42. The van der Waals surface area contributed by atoms with Crippen molar-refractivity contribution in [2.45, 2.75) is 44.9 Å². The molecule has 1 atom stereocenters. The van der Waals surface area contributed by atoms with Crippen molar-refractivity contribution in [3.63, 3.8) is 0 Å². The van der Waals surface area contributed by atoms with Crippen LogP contribution in [0.15, 0.2) is 91.3 Å². The summed E-state index contributed by atoms with van der Waals surface area (Å²) < 4.78 is 112. The van der Waals surface area contributed by atoms with Crippen LogP contribution in [0.5, 0.6) is 0 Å². The molecule has 6 aromatic heterocycles. The van der Waals surface area contributed by atoms with Crippen LogP contribution in [0.25, 0.3) is 56.7 Å². The fourth-order valence-corrected chi connectivity index (χ4v) is 7.42. The van der Waals surface area contributed by atoms with Crippen LogP contribution in [0, 0.1) is 13.8 Å². The van der Waals surface area contributed by atoms with Gasteiger partial charge >= 0.3 is 31.8 Å². The van der Waals surface area contributed by atoms with Crippen LogP contribution in [0.4, 0.5) is 26.3 Å². The van der Waals surface area contributed by atoms with Gasteiger partial charge in [-0.05, 0) is 102 Å². The van der Waals surface area contributed by atoms with Crippen molar-refractivity contribution >= 4 is 0 Å². The standard InChI is InChI=1S/C24H23N3O6.C21H13F6N5.Ru/c1-3-25-18(9-15(1)22-13-28-14-33-22)20-11-17(24-31-7-8-32-24)12-21(27-20)19-10-16(2-4-26-19)23-29-5-6-30-23;1-10-4-3-5-11(2)19(10)12-6-13(15-8-17(31-29-15)20(22,23)24)28-14(7-12)16-9-18(32-30-16)21(25,26)27;/h1-4,9-12,22-24H,5-8,13-14H2;3-9H,1-2H3;/q;-2;+2. The Bertz CT molecular complexity index is 2640. The molecule has 14 nitrogen and oxygen atoms in total. The van der Waals surface area contributed by atoms with Crippen LogP contribution in [-0.2, 0) is 60.3 Å². The molecule has 21 heteroatoms. The van der Waals surface area contributed by atoms with E-state index in [0.717, 1.165) is 51.2 Å². The quantitative estimate of drug-likeness (QED) is 0.105. The van der Waals surface area contributed by atoms with E-state index in [-0.39, 0.29) is 54.6 Å². The number of aryl methyl sites for hydroxylation is 2. The van der Waals surface area contributed by atoms with E-state index in [1.54, 1.807) is 12.4 Å². The number of alkyl halides is 6. The van der Waals surface area contributed by atoms with Gasteiger partial charge in [0.1, 0.15) is 24.3 Å². The number of ether oxygens (including phenoxy) is 6. The van der Waals surface area contributed by atoms with Crippen molar-refractivity contribution in [2.24, 2.45) is 0 Å². The molecule has 9 heterocycles. The minimum Gasteiger partial charge on any atom is -0.573 e. The molecule has 0 radical (unpaired) electrons. The summed E-state index contributed by atoms with van der Waals surface area (Å²) in [5.74, 6) is 0. The largest absolute Gasteiger partial charge is 2.00 e. The molecule has 0 saturated carbocycles. The van der Waals surface area contributed by atoms with Crippen LogP contribution in [-0.4, -0.2) is 70.0 Å². The van der Waals surface area contributed by atoms with E-state index < -0.39 is 30.0 Å². The van der Waals surface area contributed by atoms with E-state index in [1.807, 2.05) is 68.4 Å². The summed E-state index contributed by atoms with van der Waals surface area (Å²) in [7, 11) is 0. The number of hydrogen-bond acceptors (Lipinski definition) is 12. The molecule has 3 saturated heterocycles. The second kappa shape index (κ2) is 19.6. The minimum atomic E-state index is -4.70. The van der Waals surface area contributed by atoms with Crippen molar-refractivity contribution in [3.8, 4) is 56.7 Å². The molecule has 3 aliphatic rings. The third-order valence-electron chi connectivity index (χ3n) is 10.5. The molecule has 0 amide bonds. The molecule has 3 aliphatic heterocycles. The summed E-state index contributed by atoms with van der Waals surface area (Å²) in [6.45, 7) is 6.76. The Morgan fingerprint density at radius 2 is 1.02 bits per heavy atom. The van der Waals surface area contributed by atoms with Gasteiger partial charge < -0.3 is 48.8 Å². The van der Waals surface area contributed by atoms with Crippen molar-refractivity contribution in [1.82, 2.24) is 40.3 Å². The van der Waals surface area contributed by atoms with Crippen LogP contribution in [0.1, 0.15) is 57.9 Å². The van der Waals surface area contributed by atoms with Crippen molar-refractivity contribution in [3.05, 3.63) is 130 Å². The van der Waals surface area contributed by atoms with Gasteiger partial charge in [0.15, 0.2) is 12.6 Å². The molecule has 7 aromatic rings. The van der Waals surface area contributed by atoms with Gasteiger partial charge in [-0.25, -0.2) is 4.98 Å². The Hall–Kier alpha value is -5.80. The smallest absolute Gasteiger partial charge is 0.573 e. The molecule has 0 aliphatic carbocycles. The first kappa shape index (κ1) is 46.7. The van der Waals surface area contributed by atoms with E-state index in [2.05, 4.69) is 35.3 Å². The predicted octanol–water partition coefficient (Wildman–Crippen LogP) is 8.78. The van der Waals surface area contributed by atoms with Gasteiger partial charge in [0.2, 0.25) is 0 Å². The van der Waals surface area contributed by atoms with Crippen molar-refractivity contribution < 1.29 is 74.2 Å². The van der Waals surface area contributed by atoms with E-state index in [4.69, 9.17) is 33.4 Å². The monoisotopic (exact) mass is 1000 g/mol. The Morgan fingerprint density at radius 3 is 1.50 bits per heavy atom. The van der Waals surface area contributed by atoms with Gasteiger partial charge in [-0.2, -0.15) is 26.3 Å². The summed E-state index contributed by atoms with van der Waals surface area (Å²) in [5, 5.41) is 13.4. The normalized spacial score (nSPS) is 16.9. The zero-order chi connectivity index (χ0) is 45.3. The maximum absolute atomic E-state index is 13.0. The Labute approximate surface area is 385 Å². The van der Waals surface area contributed by atoms with Crippen LogP contribution in [0.2, 0.25) is 0 Å². The number of rotatable bonds is 8. The number of hydrogen-bond donors (Lipinski definition) is 0. The number of halogens is 6. The zero-order valence-electron chi connectivity index (χ0n) is 34.8. The fraction of sp³-hybridized carbons (Fsp3) is 0.289. The zero-order valence-corrected chi connectivity index (χ0v) is 36.5. The first-order valence-electron chi connectivity index (χ1n) is 20.1. The maximum Gasteiger partial charge on any atom is 2.00 e. The van der Waals surface area contributed by atoms with E-state index in [1.165, 1.54) is 12.1 Å². The van der Waals surface area contributed by atoms with Gasteiger partial charge in [-0.1, -0.05) is 29.6 Å². The third-order valence-corrected chi connectivity index (χ3v) is 10.5. The van der Waals surface area contributed by atoms with Gasteiger partial charge in [0, 0.05) is 23.5 Å². The van der Waals surface area contributed by atoms with Gasteiger partial charge in [-0.15, -0.1) is 0 Å². The molecule has 10 rings (SSSR count). The Balaban J connectivity index is 0.000000177. The Morgan fingerprint density at radius 1 is 0.545 bits per heavy atom. The van der Waals surface area contributed by atoms with Crippen LogP contribution < -0.4 is 10.2 Å². The average Bonchev–Trinajstić information content (AvgIpc) is 4.16. The third kappa shape index (κ3) is 10.4. The molecule has 0 N–H and O–H groups in total. The summed E-state index contributed by atoms with van der Waals surface area (Å²) in [6, 6.07) is 21.7. The molecule has 3 fully saturated rings. The summed E-state index contributed by atoms with van der Waals surface area (Å²) >= 11 is 0. The van der Waals surface area contributed by atoms with Gasteiger partial charge in [0.25, 0.3) is 0 Å². The molecule has 0 spiro atoms. The molecular weight excluding hydrogens is 964 g/mol. The summed E-state index contributed by atoms with van der Waals surface area (Å²) in [6.07, 6.45) is -6.85. The number of aromatic nitrogens is 8. The van der Waals surface area contributed by atoms with Gasteiger partial charge in [0.05, 0.1) is 67.2 Å². The van der Waals surface area contributed by atoms with Crippen LogP contribution in [0.3, 0.4) is 0 Å². The maximum atomic E-state index is 13.0. The second-order valence-corrected chi connectivity index (χ2v) is 15.0. The second-order valence-electron chi connectivity index (χ2n) is 15.0. The molecule has 1 unspecified atom stereocenters. The van der Waals surface area contributed by atoms with Crippen LogP contribution >= 0.6 is 0 Å². The molecule has 342 valence electrons. The first-order valence-corrected chi connectivity index (χ1v) is 20.1. The Kier molecular flexibility index (Phi) is 13.9. The van der Waals surface area contributed by atoms with Gasteiger partial charge in [-0.3, -0.25) is 15.0 Å².